The first-order valence-electron chi connectivity index (χ1n) is 10.6. The number of piperazine rings is 1. The summed E-state index contributed by atoms with van der Waals surface area (Å²) in [6, 6.07) is 12.5. The van der Waals surface area contributed by atoms with Crippen LogP contribution in [0.5, 0.6) is 0 Å². The van der Waals surface area contributed by atoms with Gasteiger partial charge < -0.3 is 14.4 Å². The van der Waals surface area contributed by atoms with Gasteiger partial charge in [-0.3, -0.25) is 9.69 Å². The van der Waals surface area contributed by atoms with Crippen LogP contribution in [0, 0.1) is 12.8 Å². The van der Waals surface area contributed by atoms with Crippen LogP contribution < -0.4 is 4.90 Å². The predicted molar refractivity (Wildman–Crippen MR) is 123 cm³/mol. The molecule has 31 heavy (non-hydrogen) atoms. The molecular weight excluding hydrogens is 414 g/mol. The molecule has 3 aromatic rings. The Morgan fingerprint density at radius 1 is 1.23 bits per heavy atom. The molecule has 0 saturated carbocycles. The van der Waals surface area contributed by atoms with Crippen LogP contribution >= 0.6 is 11.6 Å². The maximum absolute atomic E-state index is 11.1. The highest BCUT2D eigenvalue weighted by molar-refractivity contribution is 6.31. The van der Waals surface area contributed by atoms with E-state index in [1.807, 2.05) is 31.2 Å². The molecule has 0 spiro atoms. The third kappa shape index (κ3) is 5.02. The summed E-state index contributed by atoms with van der Waals surface area (Å²) >= 11 is 6.10. The van der Waals surface area contributed by atoms with E-state index >= 15 is 0 Å². The standard InChI is InChI=1S/C24H28ClN3O3/c1-15(2)21-14-27(13-18-9-16(3)8-17(10-18)11-23(29)30)6-7-28(21)24-26-20-5-4-19(25)12-22(20)31-24/h4-5,8-10,12,15,21H,6-7,11,13-14H2,1-3H3,(H,29,30). The molecule has 6 nitrogen and oxygen atoms in total. The molecule has 1 fully saturated rings. The van der Waals surface area contributed by atoms with E-state index in [4.69, 9.17) is 26.1 Å². The van der Waals surface area contributed by atoms with Crippen molar-refractivity contribution in [3.05, 3.63) is 58.1 Å². The van der Waals surface area contributed by atoms with Gasteiger partial charge in [0.05, 0.1) is 6.42 Å². The highest BCUT2D eigenvalue weighted by Crippen LogP contribution is 2.29. The molecule has 7 heteroatoms. The first-order valence-corrected chi connectivity index (χ1v) is 11.0. The van der Waals surface area contributed by atoms with Crippen molar-refractivity contribution >= 4 is 34.7 Å². The van der Waals surface area contributed by atoms with Gasteiger partial charge in [-0.25, -0.2) is 0 Å². The Labute approximate surface area is 187 Å². The Morgan fingerprint density at radius 3 is 2.74 bits per heavy atom. The number of nitrogens with zero attached hydrogens (tertiary/aromatic N) is 3. The molecular formula is C24H28ClN3O3. The molecule has 1 atom stereocenters. The van der Waals surface area contributed by atoms with Crippen LogP contribution in [0.4, 0.5) is 6.01 Å². The Kier molecular flexibility index (Phi) is 6.21. The lowest BCUT2D eigenvalue weighted by atomic mass is 9.99. The van der Waals surface area contributed by atoms with E-state index < -0.39 is 5.97 Å². The second-order valence-corrected chi connectivity index (χ2v) is 9.18. The fourth-order valence-electron chi connectivity index (χ4n) is 4.40. The minimum atomic E-state index is -0.801. The lowest BCUT2D eigenvalue weighted by molar-refractivity contribution is -0.136. The molecule has 1 unspecified atom stereocenters. The summed E-state index contributed by atoms with van der Waals surface area (Å²) in [6.07, 6.45) is 0.0544. The van der Waals surface area contributed by atoms with Gasteiger partial charge in [-0.2, -0.15) is 4.98 Å². The van der Waals surface area contributed by atoms with Crippen molar-refractivity contribution in [1.82, 2.24) is 9.88 Å². The van der Waals surface area contributed by atoms with E-state index in [1.54, 1.807) is 6.07 Å². The van der Waals surface area contributed by atoms with Gasteiger partial charge in [0, 0.05) is 43.3 Å². The van der Waals surface area contributed by atoms with Crippen LogP contribution in [0.25, 0.3) is 11.1 Å². The quantitative estimate of drug-likeness (QED) is 0.594. The van der Waals surface area contributed by atoms with E-state index in [0.717, 1.165) is 48.4 Å². The number of carbonyl (C=O) groups is 1. The summed E-state index contributed by atoms with van der Waals surface area (Å²) < 4.78 is 6.05. The van der Waals surface area contributed by atoms with Crippen molar-refractivity contribution in [1.29, 1.82) is 0 Å². The molecule has 1 saturated heterocycles. The van der Waals surface area contributed by atoms with Gasteiger partial charge in [-0.1, -0.05) is 49.2 Å². The molecule has 164 valence electrons. The number of carboxylic acids is 1. The number of aryl methyl sites for hydroxylation is 1. The fourth-order valence-corrected chi connectivity index (χ4v) is 4.57. The van der Waals surface area contributed by atoms with E-state index in [2.05, 4.69) is 29.7 Å². The summed E-state index contributed by atoms with van der Waals surface area (Å²) in [5.41, 5.74) is 4.63. The van der Waals surface area contributed by atoms with Crippen molar-refractivity contribution in [3.8, 4) is 0 Å². The monoisotopic (exact) mass is 441 g/mol. The van der Waals surface area contributed by atoms with E-state index in [-0.39, 0.29) is 12.5 Å². The van der Waals surface area contributed by atoms with Crippen molar-refractivity contribution in [2.45, 2.75) is 39.8 Å². The maximum atomic E-state index is 11.1. The van der Waals surface area contributed by atoms with Gasteiger partial charge in [0.2, 0.25) is 0 Å². The van der Waals surface area contributed by atoms with Crippen LogP contribution in [-0.4, -0.2) is 46.6 Å². The Hall–Kier alpha value is -2.57. The molecule has 4 rings (SSSR count). The Balaban J connectivity index is 1.51. The zero-order chi connectivity index (χ0) is 22.1. The minimum Gasteiger partial charge on any atom is -0.481 e. The number of anilines is 1. The normalized spacial score (nSPS) is 17.6. The number of aromatic nitrogens is 1. The zero-order valence-corrected chi connectivity index (χ0v) is 18.9. The molecule has 0 bridgehead atoms. The highest BCUT2D eigenvalue weighted by Gasteiger charge is 2.32. The average molecular weight is 442 g/mol. The second kappa shape index (κ2) is 8.89. The number of fused-ring (bicyclic) bond motifs is 1. The summed E-state index contributed by atoms with van der Waals surface area (Å²) in [6.45, 7) is 9.84. The molecule has 0 radical (unpaired) electrons. The third-order valence-corrected chi connectivity index (χ3v) is 6.05. The van der Waals surface area contributed by atoms with E-state index in [0.29, 0.717) is 22.5 Å². The lowest BCUT2D eigenvalue weighted by Crippen LogP contribution is -2.55. The average Bonchev–Trinajstić information content (AvgIpc) is 3.09. The van der Waals surface area contributed by atoms with Crippen molar-refractivity contribution < 1.29 is 14.3 Å². The molecule has 1 N–H and O–H groups in total. The summed E-state index contributed by atoms with van der Waals surface area (Å²) in [7, 11) is 0. The third-order valence-electron chi connectivity index (χ3n) is 5.82. The smallest absolute Gasteiger partial charge is 0.307 e. The zero-order valence-electron chi connectivity index (χ0n) is 18.1. The molecule has 1 aliphatic heterocycles. The van der Waals surface area contributed by atoms with Crippen molar-refractivity contribution in [2.24, 2.45) is 5.92 Å². The summed E-state index contributed by atoms with van der Waals surface area (Å²) in [5.74, 6) is -0.383. The minimum absolute atomic E-state index is 0.0544. The van der Waals surface area contributed by atoms with Crippen LogP contribution in [0.15, 0.2) is 40.8 Å². The van der Waals surface area contributed by atoms with E-state index in [1.165, 1.54) is 0 Å². The molecule has 1 aromatic heterocycles. The lowest BCUT2D eigenvalue weighted by Gasteiger charge is -2.42. The maximum Gasteiger partial charge on any atom is 0.307 e. The number of rotatable bonds is 6. The first-order chi connectivity index (χ1) is 14.8. The van der Waals surface area contributed by atoms with E-state index in [9.17, 15) is 4.79 Å². The SMILES string of the molecule is Cc1cc(CC(=O)O)cc(CN2CCN(c3nc4ccc(Cl)cc4o3)C(C(C)C)C2)c1. The molecule has 1 aliphatic rings. The Bertz CT molecular complexity index is 1090. The number of hydrogen-bond acceptors (Lipinski definition) is 5. The van der Waals surface area contributed by atoms with Crippen LogP contribution in [0.3, 0.4) is 0 Å². The van der Waals surface area contributed by atoms with Gasteiger partial charge in [0.15, 0.2) is 5.58 Å². The number of benzene rings is 2. The largest absolute Gasteiger partial charge is 0.481 e. The highest BCUT2D eigenvalue weighted by atomic mass is 35.5. The molecule has 0 amide bonds. The predicted octanol–water partition coefficient (Wildman–Crippen LogP) is 4.76. The van der Waals surface area contributed by atoms with Gasteiger partial charge in [-0.15, -0.1) is 0 Å². The molecule has 0 aliphatic carbocycles. The second-order valence-electron chi connectivity index (χ2n) is 8.75. The van der Waals surface area contributed by atoms with Crippen LogP contribution in [-0.2, 0) is 17.8 Å². The first kappa shape index (κ1) is 21.7. The van der Waals surface area contributed by atoms with Crippen LogP contribution in [0.1, 0.15) is 30.5 Å². The number of oxazole rings is 1. The van der Waals surface area contributed by atoms with Gasteiger partial charge in [0.25, 0.3) is 6.01 Å². The summed E-state index contributed by atoms with van der Waals surface area (Å²) in [5, 5.41) is 9.77. The van der Waals surface area contributed by atoms with Crippen molar-refractivity contribution in [3.63, 3.8) is 0 Å². The van der Waals surface area contributed by atoms with Crippen LogP contribution in [0.2, 0.25) is 5.02 Å². The number of aliphatic carboxylic acids is 1. The molecule has 2 aromatic carbocycles. The number of halogens is 1. The fraction of sp³-hybridized carbons (Fsp3) is 0.417. The molecule has 2 heterocycles. The van der Waals surface area contributed by atoms with Crippen molar-refractivity contribution in [2.75, 3.05) is 24.5 Å². The Morgan fingerprint density at radius 2 is 2.00 bits per heavy atom. The van der Waals surface area contributed by atoms with Gasteiger partial charge >= 0.3 is 5.97 Å². The summed E-state index contributed by atoms with van der Waals surface area (Å²) in [4.78, 5) is 20.5. The topological polar surface area (TPSA) is 69.8 Å². The van der Waals surface area contributed by atoms with Gasteiger partial charge in [-0.05, 0) is 36.1 Å². The van der Waals surface area contributed by atoms with Gasteiger partial charge in [0.1, 0.15) is 5.52 Å². The number of hydrogen-bond donors (Lipinski definition) is 1. The number of carboxylic acid groups (broad SMARTS) is 1.